The summed E-state index contributed by atoms with van der Waals surface area (Å²) in [6, 6.07) is 14.8. The van der Waals surface area contributed by atoms with Crippen LogP contribution >= 0.6 is 11.6 Å². The Morgan fingerprint density at radius 2 is 1.85 bits per heavy atom. The summed E-state index contributed by atoms with van der Waals surface area (Å²) in [5.74, 6) is -0.211. The first-order valence-corrected chi connectivity index (χ1v) is 8.85. The molecule has 1 N–H and O–H groups in total. The first-order chi connectivity index (χ1) is 12.6. The monoisotopic (exact) mass is 371 g/mol. The topological polar surface area (TPSA) is 61.9 Å². The van der Waals surface area contributed by atoms with E-state index in [0.29, 0.717) is 42.6 Å². The molecule has 0 aliphatic carbocycles. The van der Waals surface area contributed by atoms with Crippen molar-refractivity contribution in [1.29, 1.82) is 0 Å². The van der Waals surface area contributed by atoms with Crippen LogP contribution in [0.1, 0.15) is 0 Å². The van der Waals surface area contributed by atoms with Crippen LogP contribution in [0, 0.1) is 0 Å². The van der Waals surface area contributed by atoms with Gasteiger partial charge in [0, 0.05) is 36.9 Å². The number of hydrogen-bond donors (Lipinski definition) is 1. The van der Waals surface area contributed by atoms with E-state index in [1.807, 2.05) is 30.3 Å². The van der Waals surface area contributed by atoms with E-state index >= 15 is 0 Å². The minimum Gasteiger partial charge on any atom is -0.468 e. The SMILES string of the molecule is O=C1Nc2ccccc2O[C@H]1C(=O)N1CCN(c2cccc(Cl)c2)CC1. The molecule has 2 heterocycles. The van der Waals surface area contributed by atoms with Crippen LogP contribution in [0.25, 0.3) is 0 Å². The third kappa shape index (κ3) is 3.20. The highest BCUT2D eigenvalue weighted by Crippen LogP contribution is 2.29. The number of carbonyl (C=O) groups excluding carboxylic acids is 2. The average molecular weight is 372 g/mol. The Labute approximate surface area is 156 Å². The van der Waals surface area contributed by atoms with Gasteiger partial charge in [0.05, 0.1) is 5.69 Å². The normalized spacial score (nSPS) is 19.4. The van der Waals surface area contributed by atoms with Crippen molar-refractivity contribution >= 4 is 34.8 Å². The summed E-state index contributed by atoms with van der Waals surface area (Å²) in [6.07, 6.45) is -1.14. The lowest BCUT2D eigenvalue weighted by molar-refractivity contribution is -0.145. The number of anilines is 2. The number of para-hydroxylation sites is 2. The largest absolute Gasteiger partial charge is 0.468 e. The molecule has 1 saturated heterocycles. The highest BCUT2D eigenvalue weighted by Gasteiger charge is 2.37. The minimum absolute atomic E-state index is 0.303. The van der Waals surface area contributed by atoms with Crippen LogP contribution in [-0.4, -0.2) is 49.0 Å². The molecule has 6 nitrogen and oxygen atoms in total. The molecule has 2 aromatic rings. The second-order valence-electron chi connectivity index (χ2n) is 6.28. The lowest BCUT2D eigenvalue weighted by Crippen LogP contribution is -2.55. The smallest absolute Gasteiger partial charge is 0.275 e. The molecule has 7 heteroatoms. The van der Waals surface area contributed by atoms with Gasteiger partial charge >= 0.3 is 0 Å². The van der Waals surface area contributed by atoms with Crippen molar-refractivity contribution in [1.82, 2.24) is 4.90 Å². The molecule has 4 rings (SSSR count). The van der Waals surface area contributed by atoms with Gasteiger partial charge in [0.1, 0.15) is 5.75 Å². The van der Waals surface area contributed by atoms with E-state index in [0.717, 1.165) is 5.69 Å². The maximum absolute atomic E-state index is 12.8. The Balaban J connectivity index is 1.42. The van der Waals surface area contributed by atoms with Crippen molar-refractivity contribution in [2.75, 3.05) is 36.4 Å². The van der Waals surface area contributed by atoms with Gasteiger partial charge in [-0.15, -0.1) is 0 Å². The summed E-state index contributed by atoms with van der Waals surface area (Å²) in [5, 5.41) is 3.42. The molecular weight excluding hydrogens is 354 g/mol. The van der Waals surface area contributed by atoms with E-state index in [-0.39, 0.29) is 5.91 Å². The number of halogens is 1. The second kappa shape index (κ2) is 6.88. The zero-order chi connectivity index (χ0) is 18.1. The fourth-order valence-corrected chi connectivity index (χ4v) is 3.42. The Hall–Kier alpha value is -2.73. The van der Waals surface area contributed by atoms with Crippen molar-refractivity contribution in [3.8, 4) is 5.75 Å². The Morgan fingerprint density at radius 1 is 1.08 bits per heavy atom. The van der Waals surface area contributed by atoms with Gasteiger partial charge in [-0.3, -0.25) is 9.59 Å². The van der Waals surface area contributed by atoms with E-state index in [1.54, 1.807) is 23.1 Å². The quantitative estimate of drug-likeness (QED) is 0.823. The van der Waals surface area contributed by atoms with Gasteiger partial charge < -0.3 is 19.9 Å². The van der Waals surface area contributed by atoms with Gasteiger partial charge in [0.2, 0.25) is 0 Å². The summed E-state index contributed by atoms with van der Waals surface area (Å²) < 4.78 is 5.65. The molecule has 0 bridgehead atoms. The fourth-order valence-electron chi connectivity index (χ4n) is 3.24. The highest BCUT2D eigenvalue weighted by molar-refractivity contribution is 6.30. The molecule has 0 spiro atoms. The van der Waals surface area contributed by atoms with Crippen LogP contribution in [0.5, 0.6) is 5.75 Å². The lowest BCUT2D eigenvalue weighted by atomic mass is 10.1. The summed E-state index contributed by atoms with van der Waals surface area (Å²) in [5.41, 5.74) is 1.62. The third-order valence-electron chi connectivity index (χ3n) is 4.62. The van der Waals surface area contributed by atoms with E-state index in [4.69, 9.17) is 16.3 Å². The van der Waals surface area contributed by atoms with E-state index in [1.165, 1.54) is 0 Å². The molecule has 26 heavy (non-hydrogen) atoms. The number of carbonyl (C=O) groups is 2. The molecule has 0 aromatic heterocycles. The second-order valence-corrected chi connectivity index (χ2v) is 6.71. The number of piperazine rings is 1. The summed E-state index contributed by atoms with van der Waals surface area (Å²) >= 11 is 6.05. The van der Waals surface area contributed by atoms with E-state index in [2.05, 4.69) is 10.2 Å². The molecule has 0 saturated carbocycles. The van der Waals surface area contributed by atoms with Crippen molar-refractivity contribution < 1.29 is 14.3 Å². The van der Waals surface area contributed by atoms with Gasteiger partial charge in [-0.1, -0.05) is 29.8 Å². The number of nitrogens with one attached hydrogen (secondary N) is 1. The van der Waals surface area contributed by atoms with Gasteiger partial charge in [-0.25, -0.2) is 0 Å². The molecule has 2 aromatic carbocycles. The van der Waals surface area contributed by atoms with Crippen LogP contribution in [0.3, 0.4) is 0 Å². The minimum atomic E-state index is -1.14. The summed E-state index contributed by atoms with van der Waals surface area (Å²) in [4.78, 5) is 28.9. The zero-order valence-electron chi connectivity index (χ0n) is 14.0. The molecule has 0 unspecified atom stereocenters. The summed E-state index contributed by atoms with van der Waals surface area (Å²) in [6.45, 7) is 2.41. The number of rotatable bonds is 2. The fraction of sp³-hybridized carbons (Fsp3) is 0.263. The number of amides is 2. The standard InChI is InChI=1S/C19H18ClN3O3/c20-13-4-3-5-14(12-13)22-8-10-23(11-9-22)19(25)17-18(24)21-15-6-1-2-7-16(15)26-17/h1-7,12,17H,8-11H2,(H,21,24)/t17-/m1/s1. The van der Waals surface area contributed by atoms with Gasteiger partial charge in [0.15, 0.2) is 0 Å². The first kappa shape index (κ1) is 16.7. The van der Waals surface area contributed by atoms with Crippen LogP contribution in [0.2, 0.25) is 5.02 Å². The first-order valence-electron chi connectivity index (χ1n) is 8.48. The Bertz CT molecular complexity index is 849. The molecule has 134 valence electrons. The maximum atomic E-state index is 12.8. The van der Waals surface area contributed by atoms with Crippen molar-refractivity contribution in [3.05, 3.63) is 53.6 Å². The molecular formula is C19H18ClN3O3. The predicted molar refractivity (Wildman–Crippen MR) is 99.7 cm³/mol. The number of nitrogens with zero attached hydrogens (tertiary/aromatic N) is 2. The van der Waals surface area contributed by atoms with E-state index in [9.17, 15) is 9.59 Å². The Morgan fingerprint density at radius 3 is 2.62 bits per heavy atom. The van der Waals surface area contributed by atoms with Gasteiger partial charge in [0.25, 0.3) is 17.9 Å². The van der Waals surface area contributed by atoms with Crippen molar-refractivity contribution in [3.63, 3.8) is 0 Å². The number of benzene rings is 2. The van der Waals surface area contributed by atoms with Crippen molar-refractivity contribution in [2.45, 2.75) is 6.10 Å². The van der Waals surface area contributed by atoms with Crippen LogP contribution in [0.15, 0.2) is 48.5 Å². The van der Waals surface area contributed by atoms with Gasteiger partial charge in [-0.2, -0.15) is 0 Å². The van der Waals surface area contributed by atoms with Crippen LogP contribution < -0.4 is 15.0 Å². The summed E-state index contributed by atoms with van der Waals surface area (Å²) in [7, 11) is 0. The molecule has 0 radical (unpaired) electrons. The molecule has 2 amide bonds. The number of hydrogen-bond acceptors (Lipinski definition) is 4. The average Bonchev–Trinajstić information content (AvgIpc) is 2.67. The van der Waals surface area contributed by atoms with Crippen LogP contribution in [0.4, 0.5) is 11.4 Å². The number of fused-ring (bicyclic) bond motifs is 1. The number of ether oxygens (including phenoxy) is 1. The predicted octanol–water partition coefficient (Wildman–Crippen LogP) is 2.39. The lowest BCUT2D eigenvalue weighted by Gasteiger charge is -2.38. The van der Waals surface area contributed by atoms with Crippen LogP contribution in [-0.2, 0) is 9.59 Å². The Kier molecular flexibility index (Phi) is 4.42. The van der Waals surface area contributed by atoms with E-state index < -0.39 is 12.0 Å². The third-order valence-corrected chi connectivity index (χ3v) is 4.85. The molecule has 1 fully saturated rings. The molecule has 2 aliphatic heterocycles. The highest BCUT2D eigenvalue weighted by atomic mass is 35.5. The zero-order valence-corrected chi connectivity index (χ0v) is 14.8. The van der Waals surface area contributed by atoms with Gasteiger partial charge in [-0.05, 0) is 30.3 Å². The molecule has 1 atom stereocenters. The van der Waals surface area contributed by atoms with Crippen molar-refractivity contribution in [2.24, 2.45) is 0 Å². The molecule has 2 aliphatic rings. The maximum Gasteiger partial charge on any atom is 0.275 e.